The van der Waals surface area contributed by atoms with E-state index in [2.05, 4.69) is 6.58 Å². The van der Waals surface area contributed by atoms with Crippen LogP contribution in [0.25, 0.3) is 0 Å². The lowest BCUT2D eigenvalue weighted by atomic mass is 10.1. The molecule has 70 valence electrons. The Hall–Kier alpha value is -0.540. The molecule has 0 radical (unpaired) electrons. The number of hydrogen-bond donors (Lipinski definition) is 0. The van der Waals surface area contributed by atoms with E-state index in [0.717, 1.165) is 18.6 Å². The van der Waals surface area contributed by atoms with Crippen molar-refractivity contribution in [1.82, 2.24) is 0 Å². The molecule has 0 spiro atoms. The molecule has 0 aromatic carbocycles. The molecule has 0 aromatic heterocycles. The Morgan fingerprint density at radius 2 is 2.42 bits per heavy atom. The van der Waals surface area contributed by atoms with E-state index in [9.17, 15) is 0 Å². The largest absolute Gasteiger partial charge is 0.495 e. The predicted molar refractivity (Wildman–Crippen MR) is 45.7 cm³/mol. The van der Waals surface area contributed by atoms with Crippen LogP contribution in [0.5, 0.6) is 0 Å². The highest BCUT2D eigenvalue weighted by Gasteiger charge is 2.22. The molecular weight excluding hydrogens is 156 g/mol. The maximum atomic E-state index is 5.41. The monoisotopic (exact) mass is 172 g/mol. The van der Waals surface area contributed by atoms with Crippen LogP contribution in [-0.4, -0.2) is 26.1 Å². The summed E-state index contributed by atoms with van der Waals surface area (Å²) in [5, 5.41) is 0. The van der Waals surface area contributed by atoms with Gasteiger partial charge in [0, 0.05) is 20.0 Å². The topological polar surface area (TPSA) is 27.7 Å². The highest BCUT2D eigenvalue weighted by atomic mass is 16.7. The molecule has 3 heteroatoms. The Morgan fingerprint density at radius 3 is 3.00 bits per heavy atom. The van der Waals surface area contributed by atoms with Gasteiger partial charge in [0.15, 0.2) is 0 Å². The van der Waals surface area contributed by atoms with Crippen molar-refractivity contribution in [3.8, 4) is 0 Å². The summed E-state index contributed by atoms with van der Waals surface area (Å²) in [4.78, 5) is 0. The van der Waals surface area contributed by atoms with Crippen molar-refractivity contribution in [3.05, 3.63) is 12.3 Å². The van der Waals surface area contributed by atoms with E-state index in [1.54, 1.807) is 7.11 Å². The van der Waals surface area contributed by atoms with Crippen LogP contribution in [0.1, 0.15) is 19.8 Å². The summed E-state index contributed by atoms with van der Waals surface area (Å²) in [6, 6.07) is 0. The van der Waals surface area contributed by atoms with Gasteiger partial charge in [-0.15, -0.1) is 0 Å². The zero-order chi connectivity index (χ0) is 8.97. The maximum Gasteiger partial charge on any atom is 0.146 e. The van der Waals surface area contributed by atoms with Crippen molar-refractivity contribution in [3.63, 3.8) is 0 Å². The van der Waals surface area contributed by atoms with Gasteiger partial charge >= 0.3 is 0 Å². The van der Waals surface area contributed by atoms with Crippen LogP contribution in [0.15, 0.2) is 12.3 Å². The third-order valence-corrected chi connectivity index (χ3v) is 1.84. The zero-order valence-electron chi connectivity index (χ0n) is 7.71. The first-order chi connectivity index (χ1) is 5.72. The number of hydrogen-bond acceptors (Lipinski definition) is 3. The molecule has 0 amide bonds. The molecule has 1 saturated heterocycles. The van der Waals surface area contributed by atoms with Gasteiger partial charge in [-0.2, -0.15) is 0 Å². The predicted octanol–water partition coefficient (Wildman–Crippen LogP) is 1.69. The first-order valence-corrected chi connectivity index (χ1v) is 4.17. The van der Waals surface area contributed by atoms with Gasteiger partial charge < -0.3 is 14.2 Å². The first-order valence-electron chi connectivity index (χ1n) is 4.17. The lowest BCUT2D eigenvalue weighted by Gasteiger charge is -2.29. The Bertz CT molecular complexity index is 156. The van der Waals surface area contributed by atoms with E-state index in [1.165, 1.54) is 0 Å². The Labute approximate surface area is 73.3 Å². The molecule has 0 aromatic rings. The van der Waals surface area contributed by atoms with Gasteiger partial charge in [-0.1, -0.05) is 6.58 Å². The van der Waals surface area contributed by atoms with E-state index in [0.29, 0.717) is 6.79 Å². The molecule has 12 heavy (non-hydrogen) atoms. The van der Waals surface area contributed by atoms with Crippen molar-refractivity contribution < 1.29 is 14.2 Å². The number of methoxy groups -OCH3 is 1. The number of ether oxygens (including phenoxy) is 3. The third-order valence-electron chi connectivity index (χ3n) is 1.84. The summed E-state index contributed by atoms with van der Waals surface area (Å²) < 4.78 is 15.6. The highest BCUT2D eigenvalue weighted by molar-refractivity contribution is 4.91. The van der Waals surface area contributed by atoms with Crippen LogP contribution in [0, 0.1) is 0 Å². The third kappa shape index (κ3) is 2.83. The van der Waals surface area contributed by atoms with Gasteiger partial charge in [0.05, 0.1) is 18.0 Å². The molecule has 0 N–H and O–H groups in total. The van der Waals surface area contributed by atoms with Gasteiger partial charge in [0.25, 0.3) is 0 Å². The van der Waals surface area contributed by atoms with Crippen molar-refractivity contribution in [2.24, 2.45) is 0 Å². The standard InChI is InChI=1S/C9H16O3/c1-7-4-9(11-6-10-3)5-8(2)12-7/h8-9H,1,4-6H2,2-3H3/t8-,9-/m1/s1. The average Bonchev–Trinajstić information content (AvgIpc) is 1.99. The molecule has 0 saturated carbocycles. The number of rotatable bonds is 3. The fourth-order valence-corrected chi connectivity index (χ4v) is 1.38. The molecule has 0 unspecified atom stereocenters. The van der Waals surface area contributed by atoms with Gasteiger partial charge in [0.1, 0.15) is 6.79 Å². The van der Waals surface area contributed by atoms with Gasteiger partial charge in [-0.3, -0.25) is 0 Å². The van der Waals surface area contributed by atoms with Crippen LogP contribution >= 0.6 is 0 Å². The van der Waals surface area contributed by atoms with Crippen LogP contribution < -0.4 is 0 Å². The second-order valence-corrected chi connectivity index (χ2v) is 3.10. The van der Waals surface area contributed by atoms with Crippen molar-refractivity contribution in [1.29, 1.82) is 0 Å². The molecule has 1 fully saturated rings. The van der Waals surface area contributed by atoms with E-state index in [-0.39, 0.29) is 12.2 Å². The molecule has 1 rings (SSSR count). The summed E-state index contributed by atoms with van der Waals surface area (Å²) in [6.07, 6.45) is 2.13. The van der Waals surface area contributed by atoms with Gasteiger partial charge in [-0.05, 0) is 6.92 Å². The Kier molecular flexibility index (Phi) is 3.56. The van der Waals surface area contributed by atoms with Gasteiger partial charge in [0.2, 0.25) is 0 Å². The Balaban J connectivity index is 2.29. The van der Waals surface area contributed by atoms with Crippen LogP contribution in [0.2, 0.25) is 0 Å². The minimum atomic E-state index is 0.209. The minimum absolute atomic E-state index is 0.209. The molecule has 1 aliphatic rings. The lowest BCUT2D eigenvalue weighted by Crippen LogP contribution is -2.28. The zero-order valence-corrected chi connectivity index (χ0v) is 7.71. The normalized spacial score (nSPS) is 30.0. The average molecular weight is 172 g/mol. The molecule has 1 heterocycles. The fraction of sp³-hybridized carbons (Fsp3) is 0.778. The SMILES string of the molecule is C=C1C[C@@H](OCOC)C[C@@H](C)O1. The summed E-state index contributed by atoms with van der Waals surface area (Å²) in [6.45, 7) is 6.15. The molecule has 1 aliphatic heterocycles. The van der Waals surface area contributed by atoms with Crippen LogP contribution in [0.4, 0.5) is 0 Å². The van der Waals surface area contributed by atoms with Gasteiger partial charge in [-0.25, -0.2) is 0 Å². The van der Waals surface area contributed by atoms with E-state index in [4.69, 9.17) is 14.2 Å². The van der Waals surface area contributed by atoms with E-state index in [1.807, 2.05) is 6.92 Å². The molecule has 0 aliphatic carbocycles. The fourth-order valence-electron chi connectivity index (χ4n) is 1.38. The summed E-state index contributed by atoms with van der Waals surface area (Å²) in [7, 11) is 1.62. The second-order valence-electron chi connectivity index (χ2n) is 3.10. The summed E-state index contributed by atoms with van der Waals surface area (Å²) in [5.74, 6) is 0.815. The smallest absolute Gasteiger partial charge is 0.146 e. The van der Waals surface area contributed by atoms with Crippen molar-refractivity contribution >= 4 is 0 Å². The minimum Gasteiger partial charge on any atom is -0.495 e. The molecule has 2 atom stereocenters. The van der Waals surface area contributed by atoms with E-state index < -0.39 is 0 Å². The van der Waals surface area contributed by atoms with Crippen molar-refractivity contribution in [2.45, 2.75) is 32.0 Å². The molecular formula is C9H16O3. The van der Waals surface area contributed by atoms with Crippen LogP contribution in [0.3, 0.4) is 0 Å². The first kappa shape index (κ1) is 9.55. The van der Waals surface area contributed by atoms with Crippen molar-refractivity contribution in [2.75, 3.05) is 13.9 Å². The summed E-state index contributed by atoms with van der Waals surface area (Å²) >= 11 is 0. The molecule has 3 nitrogen and oxygen atoms in total. The second kappa shape index (κ2) is 4.48. The summed E-state index contributed by atoms with van der Waals surface area (Å²) in [5.41, 5.74) is 0. The van der Waals surface area contributed by atoms with Crippen LogP contribution in [-0.2, 0) is 14.2 Å². The quantitative estimate of drug-likeness (QED) is 0.606. The maximum absolute atomic E-state index is 5.41. The highest BCUT2D eigenvalue weighted by Crippen LogP contribution is 2.22. The van der Waals surface area contributed by atoms with E-state index >= 15 is 0 Å². The Morgan fingerprint density at radius 1 is 1.67 bits per heavy atom. The molecule has 0 bridgehead atoms. The lowest BCUT2D eigenvalue weighted by molar-refractivity contribution is -0.103.